The summed E-state index contributed by atoms with van der Waals surface area (Å²) in [6.45, 7) is 3.73. The molecule has 6 N–H and O–H groups in total. The average Bonchev–Trinajstić information content (AvgIpc) is 3.29. The van der Waals surface area contributed by atoms with E-state index in [4.69, 9.17) is 24.3 Å². The number of phenolic OH excluding ortho intramolecular Hbond substituents is 2. The molecular formula is C42H35N7O13S3. The molecule has 0 saturated heterocycles. The molecule has 0 heterocycles. The summed E-state index contributed by atoms with van der Waals surface area (Å²) < 4.78 is 54.6. The Hall–Kier alpha value is -6.77. The van der Waals surface area contributed by atoms with Gasteiger partial charge in [0.05, 0.1) is 58.8 Å². The largest absolute Gasteiger partial charge is 0.508 e. The second-order valence-corrected chi connectivity index (χ2v) is 16.5. The maximum atomic E-state index is 12.2. The number of benzene rings is 7. The third kappa shape index (κ3) is 11.5. The van der Waals surface area contributed by atoms with E-state index in [1.54, 1.807) is 91.9 Å². The van der Waals surface area contributed by atoms with E-state index in [1.807, 2.05) is 6.92 Å². The first kappa shape index (κ1) is 46.2. The molecule has 0 aliphatic carbocycles. The summed E-state index contributed by atoms with van der Waals surface area (Å²) in [5, 5.41) is 76.5. The van der Waals surface area contributed by atoms with Gasteiger partial charge >= 0.3 is 0 Å². The Morgan fingerprint density at radius 3 is 2.06 bits per heavy atom. The Morgan fingerprint density at radius 1 is 0.646 bits per heavy atom. The molecule has 0 unspecified atom stereocenters. The third-order valence-electron chi connectivity index (χ3n) is 9.35. The fourth-order valence-corrected chi connectivity index (χ4v) is 7.99. The Morgan fingerprint density at radius 2 is 1.34 bits per heavy atom. The van der Waals surface area contributed by atoms with Crippen LogP contribution in [0.1, 0.15) is 11.1 Å². The van der Waals surface area contributed by atoms with Crippen LogP contribution in [0, 0.1) is 13.8 Å². The van der Waals surface area contributed by atoms with Crippen molar-refractivity contribution in [1.29, 1.82) is 0 Å². The van der Waals surface area contributed by atoms with E-state index in [2.05, 4.69) is 50.4 Å². The maximum absolute atomic E-state index is 12.2. The van der Waals surface area contributed by atoms with Gasteiger partial charge in [0.1, 0.15) is 33.5 Å². The first-order valence-corrected chi connectivity index (χ1v) is 21.6. The van der Waals surface area contributed by atoms with Crippen molar-refractivity contribution in [2.75, 3.05) is 19.2 Å². The summed E-state index contributed by atoms with van der Waals surface area (Å²) in [6.07, 6.45) is 0. The molecule has 23 heteroatoms. The number of aryl methyl sites for hydroxylation is 2. The molecule has 0 aromatic heterocycles. The monoisotopic (exact) mass is 941 g/mol. The van der Waals surface area contributed by atoms with Crippen molar-refractivity contribution in [2.45, 2.75) is 28.5 Å². The van der Waals surface area contributed by atoms with Crippen LogP contribution >= 0.6 is 24.1 Å². The minimum absolute atomic E-state index is 0.0251. The summed E-state index contributed by atoms with van der Waals surface area (Å²) in [4.78, 5) is 0.103. The van der Waals surface area contributed by atoms with Crippen LogP contribution < -0.4 is 14.8 Å². The van der Waals surface area contributed by atoms with Gasteiger partial charge in [0.2, 0.25) is 0 Å². The molecule has 7 rings (SSSR count). The van der Waals surface area contributed by atoms with Crippen molar-refractivity contribution in [3.8, 4) is 23.0 Å². The number of nitrogens with zero attached hydrogens (tertiary/aromatic N) is 6. The minimum Gasteiger partial charge on any atom is -0.508 e. The van der Waals surface area contributed by atoms with E-state index in [0.29, 0.717) is 97.0 Å². The summed E-state index contributed by atoms with van der Waals surface area (Å²) in [6, 6.07) is 29.0. The van der Waals surface area contributed by atoms with Crippen LogP contribution in [-0.4, -0.2) is 47.5 Å². The van der Waals surface area contributed by atoms with E-state index < -0.39 is 15.0 Å². The molecule has 0 fully saturated rings. The van der Waals surface area contributed by atoms with Gasteiger partial charge in [0, 0.05) is 27.4 Å². The van der Waals surface area contributed by atoms with Crippen LogP contribution in [0.15, 0.2) is 155 Å². The average molecular weight is 942 g/mol. The zero-order valence-electron chi connectivity index (χ0n) is 34.0. The number of hydrogen-bond acceptors (Lipinski definition) is 21. The zero-order valence-corrected chi connectivity index (χ0v) is 36.5. The highest BCUT2D eigenvalue weighted by molar-refractivity contribution is 7.95. The van der Waals surface area contributed by atoms with Crippen molar-refractivity contribution in [3.63, 3.8) is 0 Å². The highest BCUT2D eigenvalue weighted by Gasteiger charge is 2.19. The maximum Gasteiger partial charge on any atom is 0.295 e. The molecule has 65 heavy (non-hydrogen) atoms. The number of fused-ring (bicyclic) bond motifs is 2. The fourth-order valence-electron chi connectivity index (χ4n) is 6.23. The van der Waals surface area contributed by atoms with Crippen molar-refractivity contribution in [3.05, 3.63) is 120 Å². The summed E-state index contributed by atoms with van der Waals surface area (Å²) in [5.41, 5.74) is 4.18. The lowest BCUT2D eigenvalue weighted by Crippen LogP contribution is -2.08. The summed E-state index contributed by atoms with van der Waals surface area (Å²) in [7, 11) is -3.20. The Kier molecular flexibility index (Phi) is 14.8. The highest BCUT2D eigenvalue weighted by atomic mass is 32.2. The zero-order chi connectivity index (χ0) is 46.1. The lowest BCUT2D eigenvalue weighted by Gasteiger charge is -2.12. The van der Waals surface area contributed by atoms with E-state index in [1.165, 1.54) is 25.3 Å². The van der Waals surface area contributed by atoms with Crippen molar-refractivity contribution in [1.82, 2.24) is 0 Å². The second-order valence-electron chi connectivity index (χ2n) is 13.6. The molecule has 334 valence electrons. The Bertz CT molecular complexity index is 3090. The number of azo groups is 3. The van der Waals surface area contributed by atoms with E-state index in [-0.39, 0.29) is 39.1 Å². The molecule has 0 bridgehead atoms. The molecule has 7 aromatic rings. The van der Waals surface area contributed by atoms with Gasteiger partial charge in [0.15, 0.2) is 12.5 Å². The number of methoxy groups -OCH3 is 1. The molecule has 20 nitrogen and oxygen atoms in total. The molecule has 0 aliphatic rings. The molecular weight excluding hydrogens is 907 g/mol. The van der Waals surface area contributed by atoms with Crippen LogP contribution in [-0.2, 0) is 28.9 Å². The minimum atomic E-state index is -4.65. The Balaban J connectivity index is 1.07. The van der Waals surface area contributed by atoms with Crippen LogP contribution in [0.3, 0.4) is 0 Å². The number of phenols is 2. The molecule has 0 saturated carbocycles. The first-order chi connectivity index (χ1) is 31.3. The van der Waals surface area contributed by atoms with Crippen molar-refractivity contribution in [2.24, 2.45) is 30.7 Å². The molecule has 0 amide bonds. The topological polar surface area (TPSA) is 277 Å². The van der Waals surface area contributed by atoms with E-state index in [0.717, 1.165) is 6.07 Å². The van der Waals surface area contributed by atoms with Crippen molar-refractivity contribution < 1.29 is 61.9 Å². The van der Waals surface area contributed by atoms with Gasteiger partial charge in [-0.2, -0.15) is 28.9 Å². The number of hydrogen-bond donors (Lipinski definition) is 6. The number of anilines is 1. The number of nitrogens with one attached hydrogen (secondary N) is 1. The predicted octanol–water partition coefficient (Wildman–Crippen LogP) is 12.8. The highest BCUT2D eigenvalue weighted by Crippen LogP contribution is 2.46. The normalized spacial score (nSPS) is 12.0. The molecule has 0 aliphatic heterocycles. The summed E-state index contributed by atoms with van der Waals surface area (Å²) >= 11 is 1.15. The molecule has 7 aromatic carbocycles. The van der Waals surface area contributed by atoms with Crippen LogP contribution in [0.2, 0.25) is 0 Å². The van der Waals surface area contributed by atoms with Gasteiger partial charge in [-0.3, -0.25) is 4.55 Å². The molecule has 0 atom stereocenters. The van der Waals surface area contributed by atoms with Gasteiger partial charge < -0.3 is 25.0 Å². The second kappa shape index (κ2) is 20.8. The van der Waals surface area contributed by atoms with E-state index >= 15 is 0 Å². The third-order valence-corrected chi connectivity index (χ3v) is 11.4. The van der Waals surface area contributed by atoms with Gasteiger partial charge in [-0.05, 0) is 133 Å². The lowest BCUT2D eigenvalue weighted by molar-refractivity contribution is -0.432. The number of aromatic hydroxyl groups is 2. The molecule has 0 radical (unpaired) electrons. The number of ether oxygens (including phenoxy) is 2. The van der Waals surface area contributed by atoms with E-state index in [9.17, 15) is 23.2 Å². The van der Waals surface area contributed by atoms with Gasteiger partial charge in [-0.25, -0.2) is 10.5 Å². The predicted molar refractivity (Wildman–Crippen MR) is 239 cm³/mol. The quantitative estimate of drug-likeness (QED) is 0.0116. The van der Waals surface area contributed by atoms with Crippen LogP contribution in [0.5, 0.6) is 23.0 Å². The Labute approximate surface area is 377 Å². The van der Waals surface area contributed by atoms with Crippen molar-refractivity contribution >= 4 is 95.6 Å². The number of rotatable bonds is 18. The molecule has 0 spiro atoms. The van der Waals surface area contributed by atoms with Gasteiger partial charge in [0.25, 0.3) is 10.1 Å². The smallest absolute Gasteiger partial charge is 0.295 e. The fraction of sp³-hybridized carbons (Fsp3) is 0.0952. The summed E-state index contributed by atoms with van der Waals surface area (Å²) in [5.74, 6) is 0.767. The van der Waals surface area contributed by atoms with Gasteiger partial charge in [-0.1, -0.05) is 16.1 Å². The SMILES string of the molecule is COc1cc(N=Nc2ccc(N=Nc3ccc4cc(SOOO)cc(S(=O)(=O)O)c4c3)c(C)c2)c(C)cc1N=Nc1c(SOOO)cc2cc(NCOc3ccc(O)cc3)ccc2c1O. The standard InChI is InChI=1S/C42H35N7O13S3/c1-23-14-28(7-13-35(23)46-45-29-5-4-25-17-32(63-61-59-52)20-40(34(25)19-29)65(54,55)56)44-47-36-21-38(57-3)37(15-24(36)2)48-49-41-39(64-62-60-53)18-26-16-27(6-12-33(26)42(41)51)43-22-58-31-10-8-30(50)9-11-31/h4-21,43,50-53H,22H2,1-3H3,(H,54,55,56). The van der Waals surface area contributed by atoms with Crippen LogP contribution in [0.4, 0.5) is 39.8 Å². The first-order valence-electron chi connectivity index (χ1n) is 18.7. The van der Waals surface area contributed by atoms with Crippen LogP contribution in [0.25, 0.3) is 21.5 Å². The van der Waals surface area contributed by atoms with Gasteiger partial charge in [-0.15, -0.1) is 18.9 Å². The lowest BCUT2D eigenvalue weighted by atomic mass is 10.1.